The summed E-state index contributed by atoms with van der Waals surface area (Å²) in [6.07, 6.45) is 1.72. The van der Waals surface area contributed by atoms with Crippen LogP contribution in [0.3, 0.4) is 0 Å². The molecule has 0 aliphatic carbocycles. The predicted octanol–water partition coefficient (Wildman–Crippen LogP) is 3.81. The van der Waals surface area contributed by atoms with Gasteiger partial charge in [0.1, 0.15) is 5.82 Å². The van der Waals surface area contributed by atoms with Gasteiger partial charge in [-0.05, 0) is 30.5 Å². The van der Waals surface area contributed by atoms with E-state index >= 15 is 0 Å². The molecular weight excluding hydrogens is 189 g/mol. The summed E-state index contributed by atoms with van der Waals surface area (Å²) in [5, 5.41) is 1.04. The van der Waals surface area contributed by atoms with E-state index in [1.54, 1.807) is 12.3 Å². The van der Waals surface area contributed by atoms with Crippen LogP contribution in [0.2, 0.25) is 0 Å². The highest BCUT2D eigenvalue weighted by Gasteiger charge is 2.13. The zero-order chi connectivity index (χ0) is 11.0. The fourth-order valence-corrected chi connectivity index (χ4v) is 1.95. The van der Waals surface area contributed by atoms with Crippen molar-refractivity contribution in [1.82, 2.24) is 4.98 Å². The van der Waals surface area contributed by atoms with Gasteiger partial charge >= 0.3 is 0 Å². The van der Waals surface area contributed by atoms with E-state index in [4.69, 9.17) is 0 Å². The van der Waals surface area contributed by atoms with E-state index in [0.717, 1.165) is 22.0 Å². The molecule has 0 unspecified atom stereocenters. The quantitative estimate of drug-likeness (QED) is 0.686. The van der Waals surface area contributed by atoms with Crippen molar-refractivity contribution in [1.29, 1.82) is 0 Å². The van der Waals surface area contributed by atoms with Gasteiger partial charge in [0.2, 0.25) is 0 Å². The zero-order valence-corrected chi connectivity index (χ0v) is 9.21. The SMILES string of the molecule is Cc1cc(F)c(C(C)C)c2ncccc12. The van der Waals surface area contributed by atoms with E-state index in [9.17, 15) is 4.39 Å². The summed E-state index contributed by atoms with van der Waals surface area (Å²) in [5.41, 5.74) is 2.46. The van der Waals surface area contributed by atoms with Crippen LogP contribution >= 0.6 is 0 Å². The van der Waals surface area contributed by atoms with Gasteiger partial charge in [0.15, 0.2) is 0 Å². The third-order valence-corrected chi connectivity index (χ3v) is 2.67. The normalized spacial score (nSPS) is 11.3. The summed E-state index contributed by atoms with van der Waals surface area (Å²) >= 11 is 0. The second kappa shape index (κ2) is 3.61. The van der Waals surface area contributed by atoms with E-state index in [2.05, 4.69) is 4.98 Å². The summed E-state index contributed by atoms with van der Waals surface area (Å²) in [5.74, 6) is 0.0108. The second-order valence-electron chi connectivity index (χ2n) is 4.14. The Hall–Kier alpha value is -1.44. The third-order valence-electron chi connectivity index (χ3n) is 2.67. The molecule has 2 rings (SSSR count). The highest BCUT2D eigenvalue weighted by Crippen LogP contribution is 2.28. The molecule has 0 saturated carbocycles. The lowest BCUT2D eigenvalue weighted by molar-refractivity contribution is 0.600. The van der Waals surface area contributed by atoms with Crippen LogP contribution in [0.15, 0.2) is 24.4 Å². The van der Waals surface area contributed by atoms with Gasteiger partial charge in [-0.1, -0.05) is 19.9 Å². The lowest BCUT2D eigenvalue weighted by Gasteiger charge is -2.12. The molecule has 78 valence electrons. The Bertz CT molecular complexity index is 503. The monoisotopic (exact) mass is 203 g/mol. The van der Waals surface area contributed by atoms with Crippen molar-refractivity contribution in [3.8, 4) is 0 Å². The number of halogens is 1. The first-order valence-corrected chi connectivity index (χ1v) is 5.15. The van der Waals surface area contributed by atoms with Crippen LogP contribution < -0.4 is 0 Å². The van der Waals surface area contributed by atoms with Gasteiger partial charge < -0.3 is 0 Å². The van der Waals surface area contributed by atoms with Crippen LogP contribution in [-0.4, -0.2) is 4.98 Å². The minimum Gasteiger partial charge on any atom is -0.256 e. The molecule has 15 heavy (non-hydrogen) atoms. The van der Waals surface area contributed by atoms with Crippen molar-refractivity contribution in [2.24, 2.45) is 0 Å². The molecule has 1 aromatic carbocycles. The molecule has 1 aromatic heterocycles. The molecule has 0 saturated heterocycles. The topological polar surface area (TPSA) is 12.9 Å². The van der Waals surface area contributed by atoms with Crippen molar-refractivity contribution in [2.75, 3.05) is 0 Å². The van der Waals surface area contributed by atoms with Crippen molar-refractivity contribution in [3.05, 3.63) is 41.3 Å². The van der Waals surface area contributed by atoms with Crippen LogP contribution in [-0.2, 0) is 0 Å². The average Bonchev–Trinajstić information content (AvgIpc) is 2.17. The number of pyridine rings is 1. The molecule has 0 aliphatic rings. The molecule has 0 spiro atoms. The zero-order valence-electron chi connectivity index (χ0n) is 9.21. The Kier molecular flexibility index (Phi) is 2.43. The number of rotatable bonds is 1. The molecule has 1 heterocycles. The Morgan fingerprint density at radius 1 is 1.33 bits per heavy atom. The maximum Gasteiger partial charge on any atom is 0.129 e. The van der Waals surface area contributed by atoms with Crippen molar-refractivity contribution >= 4 is 10.9 Å². The molecule has 0 amide bonds. The van der Waals surface area contributed by atoms with E-state index in [-0.39, 0.29) is 11.7 Å². The number of benzene rings is 1. The maximum absolute atomic E-state index is 13.8. The first-order valence-electron chi connectivity index (χ1n) is 5.15. The van der Waals surface area contributed by atoms with E-state index in [1.165, 1.54) is 0 Å². The fourth-order valence-electron chi connectivity index (χ4n) is 1.95. The van der Waals surface area contributed by atoms with Crippen LogP contribution in [0, 0.1) is 12.7 Å². The number of hydrogen-bond acceptors (Lipinski definition) is 1. The van der Waals surface area contributed by atoms with Crippen molar-refractivity contribution in [3.63, 3.8) is 0 Å². The molecule has 2 aromatic rings. The van der Waals surface area contributed by atoms with Gasteiger partial charge in [0.05, 0.1) is 5.52 Å². The Labute approximate surface area is 89.0 Å². The van der Waals surface area contributed by atoms with E-state index in [0.29, 0.717) is 0 Å². The van der Waals surface area contributed by atoms with Crippen LogP contribution in [0.5, 0.6) is 0 Å². The average molecular weight is 203 g/mol. The smallest absolute Gasteiger partial charge is 0.129 e. The largest absolute Gasteiger partial charge is 0.256 e. The lowest BCUT2D eigenvalue weighted by Crippen LogP contribution is -1.98. The lowest BCUT2D eigenvalue weighted by atomic mass is 9.96. The number of hydrogen-bond donors (Lipinski definition) is 0. The van der Waals surface area contributed by atoms with Crippen molar-refractivity contribution in [2.45, 2.75) is 26.7 Å². The molecule has 0 radical (unpaired) electrons. The van der Waals surface area contributed by atoms with Crippen LogP contribution in [0.25, 0.3) is 10.9 Å². The number of fused-ring (bicyclic) bond motifs is 1. The third kappa shape index (κ3) is 1.60. The number of aromatic nitrogens is 1. The van der Waals surface area contributed by atoms with Gasteiger partial charge in [-0.3, -0.25) is 4.98 Å². The fraction of sp³-hybridized carbons (Fsp3) is 0.308. The van der Waals surface area contributed by atoms with Gasteiger partial charge in [-0.2, -0.15) is 0 Å². The second-order valence-corrected chi connectivity index (χ2v) is 4.14. The Morgan fingerprint density at radius 3 is 2.73 bits per heavy atom. The highest BCUT2D eigenvalue weighted by atomic mass is 19.1. The summed E-state index contributed by atoms with van der Waals surface area (Å²) < 4.78 is 13.8. The van der Waals surface area contributed by atoms with Crippen molar-refractivity contribution < 1.29 is 4.39 Å². The summed E-state index contributed by atoms with van der Waals surface area (Å²) in [6, 6.07) is 5.47. The van der Waals surface area contributed by atoms with E-state index < -0.39 is 0 Å². The Morgan fingerprint density at radius 2 is 2.07 bits per heavy atom. The predicted molar refractivity (Wildman–Crippen MR) is 60.5 cm³/mol. The molecule has 0 aliphatic heterocycles. The molecule has 2 heteroatoms. The molecular formula is C13H14FN. The minimum atomic E-state index is -0.145. The standard InChI is InChI=1S/C13H14FN/c1-8(2)12-11(14)7-9(3)10-5-4-6-15-13(10)12/h4-8H,1-3H3. The Balaban J connectivity index is 2.90. The summed E-state index contributed by atoms with van der Waals surface area (Å²) in [6.45, 7) is 5.89. The first-order chi connectivity index (χ1) is 7.11. The molecule has 0 fully saturated rings. The van der Waals surface area contributed by atoms with Gasteiger partial charge in [-0.15, -0.1) is 0 Å². The minimum absolute atomic E-state index is 0.145. The van der Waals surface area contributed by atoms with E-state index in [1.807, 2.05) is 32.9 Å². The van der Waals surface area contributed by atoms with Crippen LogP contribution in [0.4, 0.5) is 4.39 Å². The van der Waals surface area contributed by atoms with Crippen LogP contribution in [0.1, 0.15) is 30.9 Å². The molecule has 0 bridgehead atoms. The maximum atomic E-state index is 13.8. The first kappa shape index (κ1) is 10.1. The molecule has 0 N–H and O–H groups in total. The summed E-state index contributed by atoms with van der Waals surface area (Å²) in [4.78, 5) is 4.28. The molecule has 1 nitrogen and oxygen atoms in total. The molecule has 0 atom stereocenters. The summed E-state index contributed by atoms with van der Waals surface area (Å²) in [7, 11) is 0. The number of aryl methyl sites for hydroxylation is 1. The number of nitrogens with zero attached hydrogens (tertiary/aromatic N) is 1. The van der Waals surface area contributed by atoms with Gasteiger partial charge in [0.25, 0.3) is 0 Å². The van der Waals surface area contributed by atoms with Gasteiger partial charge in [-0.25, -0.2) is 4.39 Å². The highest BCUT2D eigenvalue weighted by molar-refractivity contribution is 5.85. The van der Waals surface area contributed by atoms with Gasteiger partial charge in [0, 0.05) is 17.1 Å².